The minimum atomic E-state index is 0.999. The number of hydrogen-bond acceptors (Lipinski definition) is 5. The first-order valence-electron chi connectivity index (χ1n) is 7.69. The first kappa shape index (κ1) is 15.1. The third kappa shape index (κ3) is 3.24. The van der Waals surface area contributed by atoms with Crippen molar-refractivity contribution in [3.8, 4) is 0 Å². The summed E-state index contributed by atoms with van der Waals surface area (Å²) < 4.78 is 1.07. The molecule has 0 bridgehead atoms. The van der Waals surface area contributed by atoms with Gasteiger partial charge in [0.05, 0.1) is 5.52 Å². The van der Waals surface area contributed by atoms with Crippen LogP contribution in [0.1, 0.15) is 4.88 Å². The molecule has 0 saturated carbocycles. The lowest BCUT2D eigenvalue weighted by Gasteiger charge is -2.35. The van der Waals surface area contributed by atoms with Crippen LogP contribution in [0, 0.1) is 0 Å². The van der Waals surface area contributed by atoms with Gasteiger partial charge in [0, 0.05) is 47.5 Å². The molecule has 0 amide bonds. The number of anilines is 1. The Hall–Kier alpha value is -1.50. The lowest BCUT2D eigenvalue weighted by molar-refractivity contribution is 0.251. The van der Waals surface area contributed by atoms with Crippen LogP contribution in [-0.4, -0.2) is 41.0 Å². The molecule has 6 heteroatoms. The van der Waals surface area contributed by atoms with Crippen molar-refractivity contribution in [3.05, 3.63) is 51.4 Å². The van der Waals surface area contributed by atoms with E-state index in [1.54, 1.807) is 6.33 Å². The first-order chi connectivity index (χ1) is 11.3. The molecule has 4 rings (SSSR count). The Kier molecular flexibility index (Phi) is 4.29. The molecule has 3 aromatic rings. The normalized spacial score (nSPS) is 16.1. The fraction of sp³-hybridized carbons (Fsp3) is 0.294. The van der Waals surface area contributed by atoms with Crippen LogP contribution < -0.4 is 4.90 Å². The van der Waals surface area contributed by atoms with Crippen LogP contribution in [0.5, 0.6) is 0 Å². The van der Waals surface area contributed by atoms with Crippen LogP contribution in [0.2, 0.25) is 0 Å². The quantitative estimate of drug-likeness (QED) is 0.683. The standard InChI is InChI=1S/C17H17BrN4S/c18-13-3-4-16-15(10-13)17(20-12-19-16)22-7-5-21(6-8-22)11-14-2-1-9-23-14/h1-4,9-10,12H,5-8,11H2. The molecule has 2 aromatic heterocycles. The molecule has 23 heavy (non-hydrogen) atoms. The second-order valence-corrected chi connectivity index (χ2v) is 7.65. The molecule has 1 saturated heterocycles. The van der Waals surface area contributed by atoms with Gasteiger partial charge in [0.25, 0.3) is 0 Å². The van der Waals surface area contributed by atoms with Gasteiger partial charge in [-0.2, -0.15) is 0 Å². The van der Waals surface area contributed by atoms with Crippen molar-refractivity contribution >= 4 is 44.0 Å². The average molecular weight is 389 g/mol. The van der Waals surface area contributed by atoms with Crippen molar-refractivity contribution < 1.29 is 0 Å². The Morgan fingerprint density at radius 1 is 1.09 bits per heavy atom. The van der Waals surface area contributed by atoms with Gasteiger partial charge >= 0.3 is 0 Å². The van der Waals surface area contributed by atoms with Crippen LogP contribution in [0.15, 0.2) is 46.5 Å². The van der Waals surface area contributed by atoms with Crippen LogP contribution in [0.3, 0.4) is 0 Å². The number of thiophene rings is 1. The van der Waals surface area contributed by atoms with E-state index < -0.39 is 0 Å². The van der Waals surface area contributed by atoms with Crippen LogP contribution in [-0.2, 0) is 6.54 Å². The minimum absolute atomic E-state index is 0.999. The predicted molar refractivity (Wildman–Crippen MR) is 99.0 cm³/mol. The van der Waals surface area contributed by atoms with Gasteiger partial charge in [-0.25, -0.2) is 9.97 Å². The van der Waals surface area contributed by atoms with E-state index >= 15 is 0 Å². The van der Waals surface area contributed by atoms with Crippen molar-refractivity contribution in [2.24, 2.45) is 0 Å². The van der Waals surface area contributed by atoms with Gasteiger partial charge in [0.2, 0.25) is 0 Å². The number of aromatic nitrogens is 2. The maximum atomic E-state index is 4.55. The number of hydrogen-bond donors (Lipinski definition) is 0. The highest BCUT2D eigenvalue weighted by atomic mass is 79.9. The topological polar surface area (TPSA) is 32.3 Å². The fourth-order valence-electron chi connectivity index (χ4n) is 3.01. The molecule has 4 nitrogen and oxygen atoms in total. The Morgan fingerprint density at radius 3 is 2.74 bits per heavy atom. The van der Waals surface area contributed by atoms with Crippen molar-refractivity contribution in [2.45, 2.75) is 6.54 Å². The molecule has 0 radical (unpaired) electrons. The average Bonchev–Trinajstić information content (AvgIpc) is 3.08. The van der Waals surface area contributed by atoms with Gasteiger partial charge in [0.15, 0.2) is 0 Å². The molecular formula is C17H17BrN4S. The summed E-state index contributed by atoms with van der Waals surface area (Å²) in [6, 6.07) is 10.5. The smallest absolute Gasteiger partial charge is 0.140 e. The minimum Gasteiger partial charge on any atom is -0.353 e. The molecule has 1 aliphatic heterocycles. The second-order valence-electron chi connectivity index (χ2n) is 5.70. The molecule has 118 valence electrons. The van der Waals surface area contributed by atoms with E-state index in [2.05, 4.69) is 59.3 Å². The largest absolute Gasteiger partial charge is 0.353 e. The molecule has 1 aliphatic rings. The molecule has 0 unspecified atom stereocenters. The summed E-state index contributed by atoms with van der Waals surface area (Å²) in [6.07, 6.45) is 1.67. The highest BCUT2D eigenvalue weighted by Gasteiger charge is 2.20. The molecule has 1 aromatic carbocycles. The Balaban J connectivity index is 1.51. The Bertz CT molecular complexity index is 797. The van der Waals surface area contributed by atoms with Crippen LogP contribution in [0.25, 0.3) is 10.9 Å². The van der Waals surface area contributed by atoms with Crippen molar-refractivity contribution in [1.82, 2.24) is 14.9 Å². The summed E-state index contributed by atoms with van der Waals surface area (Å²) in [7, 11) is 0. The van der Waals surface area contributed by atoms with Gasteiger partial charge in [-0.05, 0) is 29.6 Å². The number of rotatable bonds is 3. The van der Waals surface area contributed by atoms with Crippen molar-refractivity contribution in [1.29, 1.82) is 0 Å². The summed E-state index contributed by atoms with van der Waals surface area (Å²) >= 11 is 5.39. The second kappa shape index (κ2) is 6.55. The highest BCUT2D eigenvalue weighted by Crippen LogP contribution is 2.27. The zero-order valence-electron chi connectivity index (χ0n) is 12.7. The first-order valence-corrected chi connectivity index (χ1v) is 9.37. The van der Waals surface area contributed by atoms with E-state index in [4.69, 9.17) is 0 Å². The molecule has 0 atom stereocenters. The highest BCUT2D eigenvalue weighted by molar-refractivity contribution is 9.10. The van der Waals surface area contributed by atoms with Crippen molar-refractivity contribution in [2.75, 3.05) is 31.1 Å². The van der Waals surface area contributed by atoms with Gasteiger partial charge in [0.1, 0.15) is 12.1 Å². The predicted octanol–water partition coefficient (Wildman–Crippen LogP) is 3.78. The maximum Gasteiger partial charge on any atom is 0.140 e. The van der Waals surface area contributed by atoms with E-state index in [9.17, 15) is 0 Å². The third-order valence-electron chi connectivity index (χ3n) is 4.21. The summed E-state index contributed by atoms with van der Waals surface area (Å²) in [5.41, 5.74) is 0.999. The summed E-state index contributed by atoms with van der Waals surface area (Å²) in [5, 5.41) is 3.27. The van der Waals surface area contributed by atoms with Crippen LogP contribution in [0.4, 0.5) is 5.82 Å². The molecule has 0 aliphatic carbocycles. The van der Waals surface area contributed by atoms with E-state index in [0.29, 0.717) is 0 Å². The third-order valence-corrected chi connectivity index (χ3v) is 5.56. The van der Waals surface area contributed by atoms with Gasteiger partial charge in [-0.1, -0.05) is 22.0 Å². The SMILES string of the molecule is Brc1ccc2ncnc(N3CCN(Cc4cccs4)CC3)c2c1. The monoisotopic (exact) mass is 388 g/mol. The Morgan fingerprint density at radius 2 is 1.96 bits per heavy atom. The summed E-state index contributed by atoms with van der Waals surface area (Å²) in [5.74, 6) is 1.05. The summed E-state index contributed by atoms with van der Waals surface area (Å²) in [4.78, 5) is 15.3. The van der Waals surface area contributed by atoms with Gasteiger partial charge in [-0.15, -0.1) is 11.3 Å². The van der Waals surface area contributed by atoms with E-state index in [-0.39, 0.29) is 0 Å². The van der Waals surface area contributed by atoms with E-state index in [0.717, 1.165) is 53.9 Å². The fourth-order valence-corrected chi connectivity index (χ4v) is 4.12. The van der Waals surface area contributed by atoms with Gasteiger partial charge in [-0.3, -0.25) is 4.90 Å². The zero-order chi connectivity index (χ0) is 15.6. The van der Waals surface area contributed by atoms with Crippen LogP contribution >= 0.6 is 27.3 Å². The maximum absolute atomic E-state index is 4.55. The number of fused-ring (bicyclic) bond motifs is 1. The lowest BCUT2D eigenvalue weighted by atomic mass is 10.2. The molecule has 0 spiro atoms. The van der Waals surface area contributed by atoms with E-state index in [1.807, 2.05) is 23.5 Å². The Labute approximate surface area is 147 Å². The summed E-state index contributed by atoms with van der Waals surface area (Å²) in [6.45, 7) is 5.20. The molecule has 1 fully saturated rings. The number of piperazine rings is 1. The van der Waals surface area contributed by atoms with Crippen molar-refractivity contribution in [3.63, 3.8) is 0 Å². The van der Waals surface area contributed by atoms with Gasteiger partial charge < -0.3 is 4.90 Å². The molecule has 3 heterocycles. The number of halogens is 1. The van der Waals surface area contributed by atoms with E-state index in [1.165, 1.54) is 4.88 Å². The number of nitrogens with zero attached hydrogens (tertiary/aromatic N) is 4. The lowest BCUT2D eigenvalue weighted by Crippen LogP contribution is -2.46. The zero-order valence-corrected chi connectivity index (χ0v) is 15.1. The molecular weight excluding hydrogens is 372 g/mol. The molecule has 0 N–H and O–H groups in total. The number of benzene rings is 1.